The van der Waals surface area contributed by atoms with E-state index in [2.05, 4.69) is 10.4 Å². The number of carbonyl (C=O) groups is 1. The molecule has 0 radical (unpaired) electrons. The summed E-state index contributed by atoms with van der Waals surface area (Å²) in [5, 5.41) is 7.25. The van der Waals surface area contributed by atoms with Crippen molar-refractivity contribution in [1.82, 2.24) is 24.6 Å². The highest BCUT2D eigenvalue weighted by molar-refractivity contribution is 5.94. The Kier molecular flexibility index (Phi) is 4.86. The standard InChI is InChI=1S/C25H19N5O/c31-25(23-14-16-26-30(23)21-11-5-2-6-12-21)27-20-10-7-13-24-28-22(18-29(24)17-15-20)19-8-3-1-4-9-19/h1-18H,(H,27,31)/b13-7+,17-15?,20-10?. The minimum absolute atomic E-state index is 0.234. The zero-order chi connectivity index (χ0) is 21.0. The van der Waals surface area contributed by atoms with Crippen molar-refractivity contribution >= 4 is 18.2 Å². The lowest BCUT2D eigenvalue weighted by Gasteiger charge is -2.10. The first-order valence-corrected chi connectivity index (χ1v) is 9.89. The van der Waals surface area contributed by atoms with Crippen LogP contribution in [0.25, 0.3) is 29.2 Å². The summed E-state index contributed by atoms with van der Waals surface area (Å²) in [6.45, 7) is 0. The van der Waals surface area contributed by atoms with E-state index in [1.807, 2.05) is 102 Å². The van der Waals surface area contributed by atoms with Crippen LogP contribution in [0.3, 0.4) is 0 Å². The lowest BCUT2D eigenvalue weighted by molar-refractivity contribution is 0.0959. The maximum atomic E-state index is 12.9. The molecular formula is C25H19N5O. The molecule has 0 saturated carbocycles. The molecule has 31 heavy (non-hydrogen) atoms. The van der Waals surface area contributed by atoms with E-state index in [1.54, 1.807) is 16.9 Å². The average Bonchev–Trinajstić information content (AvgIpc) is 3.44. The van der Waals surface area contributed by atoms with Crippen LogP contribution in [0.5, 0.6) is 0 Å². The summed E-state index contributed by atoms with van der Waals surface area (Å²) in [5.74, 6) is 0.584. The zero-order valence-electron chi connectivity index (χ0n) is 16.6. The Hall–Kier alpha value is -4.45. The number of aromatic nitrogens is 4. The van der Waals surface area contributed by atoms with E-state index in [-0.39, 0.29) is 5.91 Å². The molecule has 2 aromatic heterocycles. The molecule has 150 valence electrons. The minimum Gasteiger partial charge on any atom is -0.321 e. The molecule has 0 bridgehead atoms. The number of rotatable bonds is 4. The van der Waals surface area contributed by atoms with E-state index in [0.29, 0.717) is 11.4 Å². The van der Waals surface area contributed by atoms with Crippen LogP contribution < -0.4 is 5.32 Å². The maximum Gasteiger partial charge on any atom is 0.274 e. The molecule has 2 aromatic carbocycles. The van der Waals surface area contributed by atoms with Crippen LogP contribution in [0, 0.1) is 0 Å². The van der Waals surface area contributed by atoms with Gasteiger partial charge in [0, 0.05) is 23.7 Å². The van der Waals surface area contributed by atoms with Gasteiger partial charge in [-0.05, 0) is 36.4 Å². The fourth-order valence-electron chi connectivity index (χ4n) is 3.38. The number of fused-ring (bicyclic) bond motifs is 1. The second kappa shape index (κ2) is 8.12. The van der Waals surface area contributed by atoms with Crippen LogP contribution in [0.15, 0.2) is 103 Å². The zero-order valence-corrected chi connectivity index (χ0v) is 16.6. The number of hydrogen-bond donors (Lipinski definition) is 1. The molecule has 0 aliphatic carbocycles. The molecule has 5 rings (SSSR count). The van der Waals surface area contributed by atoms with Gasteiger partial charge in [-0.25, -0.2) is 9.67 Å². The van der Waals surface area contributed by atoms with Gasteiger partial charge in [0.1, 0.15) is 11.5 Å². The Morgan fingerprint density at radius 1 is 0.903 bits per heavy atom. The van der Waals surface area contributed by atoms with E-state index in [1.165, 1.54) is 0 Å². The van der Waals surface area contributed by atoms with Crippen LogP contribution in [-0.4, -0.2) is 25.2 Å². The van der Waals surface area contributed by atoms with Crippen LogP contribution >= 0.6 is 0 Å². The normalized spacial score (nSPS) is 13.6. The maximum absolute atomic E-state index is 12.9. The number of amides is 1. The summed E-state index contributed by atoms with van der Waals surface area (Å²) in [4.78, 5) is 17.6. The quantitative estimate of drug-likeness (QED) is 0.542. The fourth-order valence-corrected chi connectivity index (χ4v) is 3.38. The summed E-state index contributed by atoms with van der Waals surface area (Å²) < 4.78 is 3.56. The molecule has 0 fully saturated rings. The lowest BCUT2D eigenvalue weighted by atomic mass is 10.2. The van der Waals surface area contributed by atoms with Crippen LogP contribution in [-0.2, 0) is 0 Å². The molecule has 0 atom stereocenters. The number of para-hydroxylation sites is 1. The molecular weight excluding hydrogens is 386 g/mol. The molecule has 6 heteroatoms. The van der Waals surface area contributed by atoms with Gasteiger partial charge in [0.25, 0.3) is 5.91 Å². The third-order valence-corrected chi connectivity index (χ3v) is 4.90. The predicted octanol–water partition coefficient (Wildman–Crippen LogP) is 4.55. The molecule has 1 aliphatic rings. The van der Waals surface area contributed by atoms with Crippen LogP contribution in [0.2, 0.25) is 0 Å². The van der Waals surface area contributed by atoms with Gasteiger partial charge in [0.05, 0.1) is 17.6 Å². The van der Waals surface area contributed by atoms with Crippen molar-refractivity contribution in [3.63, 3.8) is 0 Å². The van der Waals surface area contributed by atoms with Crippen molar-refractivity contribution in [3.05, 3.63) is 115 Å². The second-order valence-corrected chi connectivity index (χ2v) is 6.97. The van der Waals surface area contributed by atoms with Crippen molar-refractivity contribution in [2.75, 3.05) is 0 Å². The average molecular weight is 405 g/mol. The number of benzene rings is 2. The second-order valence-electron chi connectivity index (χ2n) is 6.97. The van der Waals surface area contributed by atoms with Gasteiger partial charge in [0.2, 0.25) is 0 Å². The Morgan fingerprint density at radius 3 is 2.48 bits per heavy atom. The monoisotopic (exact) mass is 405 g/mol. The summed E-state index contributed by atoms with van der Waals surface area (Å²) >= 11 is 0. The smallest absolute Gasteiger partial charge is 0.274 e. The highest BCUT2D eigenvalue weighted by Gasteiger charge is 2.14. The Balaban J connectivity index is 1.37. The summed E-state index contributed by atoms with van der Waals surface area (Å²) in [6, 6.07) is 21.3. The summed E-state index contributed by atoms with van der Waals surface area (Å²) in [5.41, 5.74) is 3.91. The fraction of sp³-hybridized carbons (Fsp3) is 0. The first-order chi connectivity index (χ1) is 15.3. The molecule has 3 heterocycles. The molecule has 0 spiro atoms. The Morgan fingerprint density at radius 2 is 1.68 bits per heavy atom. The van der Waals surface area contributed by atoms with Gasteiger partial charge < -0.3 is 9.88 Å². The first-order valence-electron chi connectivity index (χ1n) is 9.89. The highest BCUT2D eigenvalue weighted by Crippen LogP contribution is 2.20. The molecule has 0 saturated heterocycles. The topological polar surface area (TPSA) is 64.7 Å². The van der Waals surface area contributed by atoms with Gasteiger partial charge >= 0.3 is 0 Å². The van der Waals surface area contributed by atoms with Gasteiger partial charge in [-0.3, -0.25) is 4.79 Å². The molecule has 1 N–H and O–H groups in total. The number of nitrogens with zero attached hydrogens (tertiary/aromatic N) is 4. The lowest BCUT2D eigenvalue weighted by Crippen LogP contribution is -2.24. The van der Waals surface area contributed by atoms with Crippen LogP contribution in [0.1, 0.15) is 16.3 Å². The van der Waals surface area contributed by atoms with Gasteiger partial charge in [-0.2, -0.15) is 5.10 Å². The number of allylic oxidation sites excluding steroid dienone is 3. The summed E-state index contributed by atoms with van der Waals surface area (Å²) in [6.07, 6.45) is 13.0. The van der Waals surface area contributed by atoms with E-state index in [9.17, 15) is 4.79 Å². The first kappa shape index (κ1) is 18.6. The third-order valence-electron chi connectivity index (χ3n) is 4.90. The van der Waals surface area contributed by atoms with Crippen molar-refractivity contribution in [1.29, 1.82) is 0 Å². The third kappa shape index (κ3) is 3.86. The number of imidazole rings is 1. The predicted molar refractivity (Wildman–Crippen MR) is 121 cm³/mol. The van der Waals surface area contributed by atoms with Crippen LogP contribution in [0.4, 0.5) is 0 Å². The summed E-state index contributed by atoms with van der Waals surface area (Å²) in [7, 11) is 0. The molecule has 4 aromatic rings. The van der Waals surface area contributed by atoms with Gasteiger partial charge in [0.15, 0.2) is 0 Å². The minimum atomic E-state index is -0.234. The van der Waals surface area contributed by atoms with E-state index in [0.717, 1.165) is 22.8 Å². The Labute approximate surface area is 179 Å². The van der Waals surface area contributed by atoms with Crippen molar-refractivity contribution < 1.29 is 4.79 Å². The molecule has 6 nitrogen and oxygen atoms in total. The largest absolute Gasteiger partial charge is 0.321 e. The van der Waals surface area contributed by atoms with Gasteiger partial charge in [-0.1, -0.05) is 54.6 Å². The number of carbonyl (C=O) groups excluding carboxylic acids is 1. The SMILES string of the molecule is O=C(NC1=C/C=C/c2nc(-c3ccccc3)cn2C=C1)c1ccnn1-c1ccccc1. The van der Waals surface area contributed by atoms with E-state index >= 15 is 0 Å². The molecule has 0 unspecified atom stereocenters. The van der Waals surface area contributed by atoms with Crippen molar-refractivity contribution in [2.45, 2.75) is 0 Å². The Bertz CT molecular complexity index is 1310. The van der Waals surface area contributed by atoms with Crippen molar-refractivity contribution in [2.24, 2.45) is 0 Å². The number of nitrogens with one attached hydrogen (secondary N) is 1. The van der Waals surface area contributed by atoms with E-state index in [4.69, 9.17) is 4.98 Å². The van der Waals surface area contributed by atoms with Crippen molar-refractivity contribution in [3.8, 4) is 16.9 Å². The highest BCUT2D eigenvalue weighted by atomic mass is 16.2. The van der Waals surface area contributed by atoms with E-state index < -0.39 is 0 Å². The van der Waals surface area contributed by atoms with Gasteiger partial charge in [-0.15, -0.1) is 0 Å². The molecule has 1 aliphatic heterocycles. The molecule has 1 amide bonds. The number of hydrogen-bond acceptors (Lipinski definition) is 3.